The Morgan fingerprint density at radius 1 is 0.962 bits per heavy atom. The minimum absolute atomic E-state index is 0.0135. The van der Waals surface area contributed by atoms with Gasteiger partial charge in [0.2, 0.25) is 0 Å². The molecule has 0 spiro atoms. The van der Waals surface area contributed by atoms with Crippen molar-refractivity contribution in [2.24, 2.45) is 0 Å². The number of carbonyl (C=O) groups excluding carboxylic acids is 1. The van der Waals surface area contributed by atoms with Crippen molar-refractivity contribution in [3.8, 4) is 0 Å². The highest BCUT2D eigenvalue weighted by atomic mass is 28.4. The zero-order valence-corrected chi connectivity index (χ0v) is 20.0. The summed E-state index contributed by atoms with van der Waals surface area (Å²) in [5.41, 5.74) is 0. The molecule has 0 radical (unpaired) electrons. The molecule has 0 aromatic heterocycles. The van der Waals surface area contributed by atoms with Crippen LogP contribution in [0.3, 0.4) is 0 Å². The van der Waals surface area contributed by atoms with Crippen LogP contribution in [0, 0.1) is 0 Å². The van der Waals surface area contributed by atoms with E-state index in [1.165, 1.54) is 0 Å². The highest BCUT2D eigenvalue weighted by molar-refractivity contribution is 6.74. The number of aliphatic hydroxyl groups is 2. The molecule has 0 bridgehead atoms. The first kappa shape index (κ1) is 23.8. The van der Waals surface area contributed by atoms with Gasteiger partial charge in [0, 0.05) is 0 Å². The normalized spacial score (nSPS) is 28.8. The third-order valence-corrected chi connectivity index (χ3v) is 15.2. The van der Waals surface area contributed by atoms with Gasteiger partial charge in [-0.15, -0.1) is 0 Å². The molecular weight excluding hydrogens is 368 g/mol. The Hall–Kier alpha value is -0.256. The number of carbonyl (C=O) groups is 1. The Morgan fingerprint density at radius 3 is 1.85 bits per heavy atom. The maximum atomic E-state index is 11.9. The molecule has 1 saturated heterocycles. The fraction of sp³-hybridized carbons (Fsp3) is 0.944. The van der Waals surface area contributed by atoms with Gasteiger partial charge in [-0.25, -0.2) is 4.79 Å². The summed E-state index contributed by atoms with van der Waals surface area (Å²) < 4.78 is 17.9. The SMILES string of the molecule is CC(C)(C)[Si](C)(C)OC[C@H]1OC(=O)[C@H](O)[C@H](O)[C@H]1O[Si](C)(C)C(C)(C)C. The molecule has 0 saturated carbocycles. The first-order valence-electron chi connectivity index (χ1n) is 9.29. The van der Waals surface area contributed by atoms with Crippen LogP contribution in [0.15, 0.2) is 0 Å². The minimum atomic E-state index is -2.25. The minimum Gasteiger partial charge on any atom is -0.455 e. The maximum Gasteiger partial charge on any atom is 0.338 e. The van der Waals surface area contributed by atoms with Gasteiger partial charge in [-0.05, 0) is 36.3 Å². The molecule has 8 heteroatoms. The van der Waals surface area contributed by atoms with Gasteiger partial charge in [-0.1, -0.05) is 41.5 Å². The van der Waals surface area contributed by atoms with Gasteiger partial charge in [0.1, 0.15) is 12.2 Å². The van der Waals surface area contributed by atoms with Crippen LogP contribution in [0.25, 0.3) is 0 Å². The van der Waals surface area contributed by atoms with E-state index in [1.807, 2.05) is 0 Å². The van der Waals surface area contributed by atoms with E-state index >= 15 is 0 Å². The number of hydrogen-bond acceptors (Lipinski definition) is 6. The van der Waals surface area contributed by atoms with Gasteiger partial charge < -0.3 is 23.8 Å². The van der Waals surface area contributed by atoms with E-state index in [2.05, 4.69) is 67.7 Å². The molecule has 0 aromatic carbocycles. The van der Waals surface area contributed by atoms with Gasteiger partial charge in [0.05, 0.1) is 6.61 Å². The van der Waals surface area contributed by atoms with Crippen LogP contribution in [0.5, 0.6) is 0 Å². The number of aliphatic hydroxyl groups excluding tert-OH is 2. The van der Waals surface area contributed by atoms with E-state index in [4.69, 9.17) is 13.6 Å². The van der Waals surface area contributed by atoms with Crippen LogP contribution in [-0.2, 0) is 18.4 Å². The number of ether oxygens (including phenoxy) is 1. The molecule has 0 aromatic rings. The van der Waals surface area contributed by atoms with Crippen LogP contribution in [0.2, 0.25) is 36.3 Å². The highest BCUT2D eigenvalue weighted by Crippen LogP contribution is 2.40. The van der Waals surface area contributed by atoms with E-state index in [0.29, 0.717) is 0 Å². The molecule has 0 amide bonds. The predicted molar refractivity (Wildman–Crippen MR) is 107 cm³/mol. The van der Waals surface area contributed by atoms with Gasteiger partial charge >= 0.3 is 5.97 Å². The van der Waals surface area contributed by atoms with E-state index < -0.39 is 47.0 Å². The van der Waals surface area contributed by atoms with Gasteiger partial charge in [0.25, 0.3) is 0 Å². The molecule has 4 atom stereocenters. The summed E-state index contributed by atoms with van der Waals surface area (Å²) in [4.78, 5) is 11.9. The quantitative estimate of drug-likeness (QED) is 0.539. The first-order chi connectivity index (χ1) is 11.4. The lowest BCUT2D eigenvalue weighted by atomic mass is 10.0. The number of rotatable bonds is 5. The lowest BCUT2D eigenvalue weighted by molar-refractivity contribution is -0.203. The van der Waals surface area contributed by atoms with Crippen molar-refractivity contribution < 1.29 is 28.6 Å². The van der Waals surface area contributed by atoms with E-state index in [-0.39, 0.29) is 16.7 Å². The van der Waals surface area contributed by atoms with Crippen LogP contribution < -0.4 is 0 Å². The number of cyclic esters (lactones) is 1. The average Bonchev–Trinajstić information content (AvgIpc) is 2.43. The molecule has 26 heavy (non-hydrogen) atoms. The molecule has 6 nitrogen and oxygen atoms in total. The molecule has 154 valence electrons. The second-order valence-corrected chi connectivity index (χ2v) is 19.9. The summed E-state index contributed by atoms with van der Waals surface area (Å²) in [7, 11) is -4.30. The Balaban J connectivity index is 3.03. The van der Waals surface area contributed by atoms with Crippen molar-refractivity contribution in [1.82, 2.24) is 0 Å². The zero-order chi connectivity index (χ0) is 20.7. The van der Waals surface area contributed by atoms with E-state index in [1.54, 1.807) is 0 Å². The summed E-state index contributed by atoms with van der Waals surface area (Å²) >= 11 is 0. The Kier molecular flexibility index (Phi) is 6.98. The fourth-order valence-electron chi connectivity index (χ4n) is 2.12. The highest BCUT2D eigenvalue weighted by Gasteiger charge is 2.50. The van der Waals surface area contributed by atoms with Crippen molar-refractivity contribution in [2.75, 3.05) is 6.61 Å². The molecule has 1 aliphatic heterocycles. The molecular formula is C18H38O6Si2. The topological polar surface area (TPSA) is 85.2 Å². The van der Waals surface area contributed by atoms with Gasteiger partial charge in [-0.2, -0.15) is 0 Å². The zero-order valence-electron chi connectivity index (χ0n) is 18.0. The standard InChI is InChI=1S/C18H38O6Si2/c1-17(2,3)25(7,8)22-11-12-15(13(19)14(20)16(21)23-12)24-26(9,10)18(4,5)6/h12-15,19-20H,11H2,1-10H3/t12-,13+,14-,15+/m1/s1. The van der Waals surface area contributed by atoms with Crippen molar-refractivity contribution in [3.63, 3.8) is 0 Å². The van der Waals surface area contributed by atoms with Crippen molar-refractivity contribution in [2.45, 2.75) is 102 Å². The van der Waals surface area contributed by atoms with Crippen LogP contribution in [0.1, 0.15) is 41.5 Å². The Bertz CT molecular complexity index is 507. The van der Waals surface area contributed by atoms with E-state index in [9.17, 15) is 15.0 Å². The molecule has 0 unspecified atom stereocenters. The van der Waals surface area contributed by atoms with Crippen molar-refractivity contribution in [3.05, 3.63) is 0 Å². The molecule has 0 aliphatic carbocycles. The lowest BCUT2D eigenvalue weighted by Crippen LogP contribution is -2.62. The lowest BCUT2D eigenvalue weighted by Gasteiger charge is -2.46. The van der Waals surface area contributed by atoms with E-state index in [0.717, 1.165) is 0 Å². The largest absolute Gasteiger partial charge is 0.455 e. The smallest absolute Gasteiger partial charge is 0.338 e. The molecule has 1 fully saturated rings. The summed E-state index contributed by atoms with van der Waals surface area (Å²) in [6.45, 7) is 21.2. The summed E-state index contributed by atoms with van der Waals surface area (Å²) in [6.07, 6.45) is -4.44. The van der Waals surface area contributed by atoms with Gasteiger partial charge in [-0.3, -0.25) is 0 Å². The first-order valence-corrected chi connectivity index (χ1v) is 15.1. The molecule has 1 aliphatic rings. The predicted octanol–water partition coefficient (Wildman–Crippen LogP) is 3.05. The Morgan fingerprint density at radius 2 is 1.42 bits per heavy atom. The van der Waals surface area contributed by atoms with Gasteiger partial charge in [0.15, 0.2) is 28.8 Å². The van der Waals surface area contributed by atoms with Crippen LogP contribution >= 0.6 is 0 Å². The van der Waals surface area contributed by atoms with Crippen molar-refractivity contribution >= 4 is 22.6 Å². The maximum absolute atomic E-state index is 11.9. The third kappa shape index (κ3) is 5.17. The molecule has 2 N–H and O–H groups in total. The monoisotopic (exact) mass is 406 g/mol. The second-order valence-electron chi connectivity index (χ2n) is 10.3. The number of esters is 1. The van der Waals surface area contributed by atoms with Crippen LogP contribution in [0.4, 0.5) is 0 Å². The fourth-order valence-corrected chi connectivity index (χ4v) is 4.46. The molecule has 1 heterocycles. The third-order valence-electron chi connectivity index (χ3n) is 6.19. The summed E-state index contributed by atoms with van der Waals surface area (Å²) in [5, 5.41) is 20.4. The summed E-state index contributed by atoms with van der Waals surface area (Å²) in [5.74, 6) is -0.823. The average molecular weight is 407 g/mol. The van der Waals surface area contributed by atoms with Crippen LogP contribution in [-0.4, -0.2) is 63.8 Å². The summed E-state index contributed by atoms with van der Waals surface area (Å²) in [6, 6.07) is 0. The number of hydrogen-bond donors (Lipinski definition) is 2. The molecule has 1 rings (SSSR count). The Labute approximate surface area is 160 Å². The second kappa shape index (κ2) is 7.64. The van der Waals surface area contributed by atoms with Crippen molar-refractivity contribution in [1.29, 1.82) is 0 Å².